The molecule has 2 rings (SSSR count). The fourth-order valence-electron chi connectivity index (χ4n) is 2.88. The zero-order valence-corrected chi connectivity index (χ0v) is 14.5. The van der Waals surface area contributed by atoms with Gasteiger partial charge in [0.15, 0.2) is 0 Å². The van der Waals surface area contributed by atoms with Gasteiger partial charge in [0.05, 0.1) is 6.42 Å². The van der Waals surface area contributed by atoms with E-state index in [1.807, 2.05) is 29.2 Å². The Hall–Kier alpha value is -1.84. The van der Waals surface area contributed by atoms with Gasteiger partial charge in [-0.15, -0.1) is 0 Å². The van der Waals surface area contributed by atoms with E-state index in [0.29, 0.717) is 18.8 Å². The highest BCUT2D eigenvalue weighted by molar-refractivity contribution is 5.95. The summed E-state index contributed by atoms with van der Waals surface area (Å²) < 4.78 is 0. The van der Waals surface area contributed by atoms with E-state index in [1.165, 1.54) is 0 Å². The topological polar surface area (TPSA) is 49.4 Å². The van der Waals surface area contributed by atoms with Crippen LogP contribution in [-0.4, -0.2) is 24.4 Å². The van der Waals surface area contributed by atoms with E-state index >= 15 is 0 Å². The predicted octanol–water partition coefficient (Wildman–Crippen LogP) is 3.30. The average Bonchev–Trinajstić information content (AvgIpc) is 2.92. The summed E-state index contributed by atoms with van der Waals surface area (Å²) in [6, 6.07) is 7.98. The lowest BCUT2D eigenvalue weighted by Crippen LogP contribution is -2.33. The molecule has 1 atom stereocenters. The van der Waals surface area contributed by atoms with Gasteiger partial charge in [-0.3, -0.25) is 9.59 Å². The fourth-order valence-corrected chi connectivity index (χ4v) is 2.88. The number of hydrogen-bond acceptors (Lipinski definition) is 2. The Labute approximate surface area is 139 Å². The van der Waals surface area contributed by atoms with Crippen LogP contribution in [0.2, 0.25) is 0 Å². The molecule has 1 fully saturated rings. The third kappa shape index (κ3) is 5.38. The van der Waals surface area contributed by atoms with Crippen LogP contribution in [0.3, 0.4) is 0 Å². The third-order valence-electron chi connectivity index (χ3n) is 4.27. The van der Waals surface area contributed by atoms with Crippen molar-refractivity contribution in [3.05, 3.63) is 29.8 Å². The highest BCUT2D eigenvalue weighted by atomic mass is 16.2. The summed E-state index contributed by atoms with van der Waals surface area (Å²) in [4.78, 5) is 25.6. The van der Waals surface area contributed by atoms with Gasteiger partial charge in [0.1, 0.15) is 0 Å². The van der Waals surface area contributed by atoms with Crippen molar-refractivity contribution in [3.8, 4) is 0 Å². The average molecular weight is 316 g/mol. The zero-order valence-electron chi connectivity index (χ0n) is 14.5. The Bertz CT molecular complexity index is 537. The molecule has 1 unspecified atom stereocenters. The van der Waals surface area contributed by atoms with Crippen molar-refractivity contribution in [2.24, 2.45) is 5.92 Å². The molecule has 0 spiro atoms. The summed E-state index contributed by atoms with van der Waals surface area (Å²) in [7, 11) is 0. The maximum absolute atomic E-state index is 12.1. The number of nitrogens with zero attached hydrogens (tertiary/aromatic N) is 1. The molecule has 1 aromatic carbocycles. The van der Waals surface area contributed by atoms with Gasteiger partial charge in [0.2, 0.25) is 11.8 Å². The van der Waals surface area contributed by atoms with Crippen LogP contribution in [0.1, 0.15) is 52.0 Å². The predicted molar refractivity (Wildman–Crippen MR) is 93.4 cm³/mol. The first kappa shape index (κ1) is 17.5. The first-order valence-corrected chi connectivity index (χ1v) is 8.64. The second-order valence-corrected chi connectivity index (χ2v) is 6.93. The summed E-state index contributed by atoms with van der Waals surface area (Å²) in [6.07, 6.45) is 4.09. The van der Waals surface area contributed by atoms with Crippen molar-refractivity contribution < 1.29 is 9.59 Å². The number of hydrogen-bond donors (Lipinski definition) is 1. The largest absolute Gasteiger partial charge is 0.353 e. The molecule has 1 aliphatic heterocycles. The molecule has 1 saturated heterocycles. The minimum atomic E-state index is 0.0613. The molecule has 1 aliphatic rings. The number of anilines is 1. The van der Waals surface area contributed by atoms with Crippen LogP contribution in [0.25, 0.3) is 0 Å². The zero-order chi connectivity index (χ0) is 16.8. The Morgan fingerprint density at radius 3 is 2.43 bits per heavy atom. The molecule has 0 radical (unpaired) electrons. The number of carbonyl (C=O) groups is 2. The molecule has 126 valence electrons. The van der Waals surface area contributed by atoms with Crippen LogP contribution < -0.4 is 10.2 Å². The molecular weight excluding hydrogens is 288 g/mol. The Morgan fingerprint density at radius 1 is 1.17 bits per heavy atom. The Kier molecular flexibility index (Phi) is 6.20. The second-order valence-electron chi connectivity index (χ2n) is 6.93. The van der Waals surface area contributed by atoms with E-state index in [2.05, 4.69) is 26.1 Å². The van der Waals surface area contributed by atoms with Gasteiger partial charge in [0, 0.05) is 24.7 Å². The van der Waals surface area contributed by atoms with E-state index in [-0.39, 0.29) is 17.9 Å². The van der Waals surface area contributed by atoms with Crippen LogP contribution in [-0.2, 0) is 16.0 Å². The highest BCUT2D eigenvalue weighted by Crippen LogP contribution is 2.21. The van der Waals surface area contributed by atoms with Crippen LogP contribution in [0.4, 0.5) is 5.69 Å². The van der Waals surface area contributed by atoms with Gasteiger partial charge >= 0.3 is 0 Å². The maximum Gasteiger partial charge on any atom is 0.227 e. The van der Waals surface area contributed by atoms with Gasteiger partial charge in [-0.25, -0.2) is 0 Å². The molecule has 1 aromatic rings. The lowest BCUT2D eigenvalue weighted by atomic mass is 10.0. The van der Waals surface area contributed by atoms with Crippen LogP contribution >= 0.6 is 0 Å². The lowest BCUT2D eigenvalue weighted by Gasteiger charge is -2.17. The number of amides is 2. The molecule has 0 aliphatic carbocycles. The SMILES string of the molecule is CC(C)CCC(C)NC(=O)Cc1ccc(N2CCCC2=O)cc1. The van der Waals surface area contributed by atoms with Crippen molar-refractivity contribution >= 4 is 17.5 Å². The van der Waals surface area contributed by atoms with E-state index in [9.17, 15) is 9.59 Å². The molecule has 0 saturated carbocycles. The van der Waals surface area contributed by atoms with Crippen molar-refractivity contribution in [3.63, 3.8) is 0 Å². The minimum Gasteiger partial charge on any atom is -0.353 e. The first-order chi connectivity index (χ1) is 11.0. The molecule has 23 heavy (non-hydrogen) atoms. The molecule has 4 heteroatoms. The number of carbonyl (C=O) groups excluding carboxylic acids is 2. The van der Waals surface area contributed by atoms with Crippen molar-refractivity contribution in [1.82, 2.24) is 5.32 Å². The highest BCUT2D eigenvalue weighted by Gasteiger charge is 2.21. The smallest absolute Gasteiger partial charge is 0.227 e. The van der Waals surface area contributed by atoms with Crippen LogP contribution in [0, 0.1) is 5.92 Å². The van der Waals surface area contributed by atoms with E-state index in [1.54, 1.807) is 0 Å². The first-order valence-electron chi connectivity index (χ1n) is 8.64. The summed E-state index contributed by atoms with van der Waals surface area (Å²) in [6.45, 7) is 7.25. The van der Waals surface area contributed by atoms with Crippen LogP contribution in [0.15, 0.2) is 24.3 Å². The molecule has 0 aromatic heterocycles. The third-order valence-corrected chi connectivity index (χ3v) is 4.27. The maximum atomic E-state index is 12.1. The quantitative estimate of drug-likeness (QED) is 0.839. The van der Waals surface area contributed by atoms with Crippen molar-refractivity contribution in [1.29, 1.82) is 0 Å². The van der Waals surface area contributed by atoms with Gasteiger partial charge in [-0.1, -0.05) is 26.0 Å². The van der Waals surface area contributed by atoms with Gasteiger partial charge in [-0.05, 0) is 49.8 Å². The fraction of sp³-hybridized carbons (Fsp3) is 0.579. The summed E-state index contributed by atoms with van der Waals surface area (Å²) in [5.41, 5.74) is 1.91. The molecule has 0 bridgehead atoms. The molecule has 1 heterocycles. The Balaban J connectivity index is 1.83. The van der Waals surface area contributed by atoms with Gasteiger partial charge < -0.3 is 10.2 Å². The van der Waals surface area contributed by atoms with Gasteiger partial charge in [0.25, 0.3) is 0 Å². The molecule has 2 amide bonds. The molecule has 4 nitrogen and oxygen atoms in total. The molecular formula is C19H28N2O2. The lowest BCUT2D eigenvalue weighted by molar-refractivity contribution is -0.121. The van der Waals surface area contributed by atoms with Crippen LogP contribution in [0.5, 0.6) is 0 Å². The Morgan fingerprint density at radius 2 is 1.87 bits per heavy atom. The number of rotatable bonds is 7. The number of benzene rings is 1. The van der Waals surface area contributed by atoms with E-state index < -0.39 is 0 Å². The van der Waals surface area contributed by atoms with Crippen molar-refractivity contribution in [2.45, 2.75) is 58.9 Å². The van der Waals surface area contributed by atoms with Crippen molar-refractivity contribution in [2.75, 3.05) is 11.4 Å². The van der Waals surface area contributed by atoms with E-state index in [0.717, 1.165) is 37.1 Å². The second kappa shape index (κ2) is 8.14. The molecule has 1 N–H and O–H groups in total. The number of nitrogens with one attached hydrogen (secondary N) is 1. The summed E-state index contributed by atoms with van der Waals surface area (Å²) >= 11 is 0. The normalized spacial score (nSPS) is 16.0. The van der Waals surface area contributed by atoms with Gasteiger partial charge in [-0.2, -0.15) is 0 Å². The summed E-state index contributed by atoms with van der Waals surface area (Å²) in [5, 5.41) is 3.06. The summed E-state index contributed by atoms with van der Waals surface area (Å²) in [5.74, 6) is 0.913. The van der Waals surface area contributed by atoms with E-state index in [4.69, 9.17) is 0 Å². The minimum absolute atomic E-state index is 0.0613. The standard InChI is InChI=1S/C19H28N2O2/c1-14(2)6-7-15(3)20-18(22)13-16-8-10-17(11-9-16)21-12-4-5-19(21)23/h8-11,14-15H,4-7,12-13H2,1-3H3,(H,20,22). The monoisotopic (exact) mass is 316 g/mol.